The van der Waals surface area contributed by atoms with Gasteiger partial charge in [-0.25, -0.2) is 0 Å². The van der Waals surface area contributed by atoms with E-state index < -0.39 is 0 Å². The Morgan fingerprint density at radius 3 is 2.62 bits per heavy atom. The van der Waals surface area contributed by atoms with Crippen LogP contribution >= 0.6 is 0 Å². The lowest BCUT2D eigenvalue weighted by atomic mass is 9.90. The molecule has 1 heterocycles. The fourth-order valence-electron chi connectivity index (χ4n) is 3.30. The molecule has 0 bridgehead atoms. The summed E-state index contributed by atoms with van der Waals surface area (Å²) in [6.07, 6.45) is 1.64. The molecule has 0 N–H and O–H groups in total. The summed E-state index contributed by atoms with van der Waals surface area (Å²) in [5.41, 5.74) is 3.91. The van der Waals surface area contributed by atoms with E-state index in [1.165, 1.54) is 16.8 Å². The van der Waals surface area contributed by atoms with Crippen LogP contribution in [0.3, 0.4) is 0 Å². The highest BCUT2D eigenvalue weighted by molar-refractivity contribution is 5.57. The molecule has 2 aromatic carbocycles. The van der Waals surface area contributed by atoms with Gasteiger partial charge in [0.25, 0.3) is 0 Å². The van der Waals surface area contributed by atoms with Crippen molar-refractivity contribution in [2.24, 2.45) is 5.92 Å². The standard InChI is InChI=1S/C19H20N2/c1-15-13-17-9-5-6-10-18(17)21(14-15)19(11-12-20)16-7-3-2-4-8-16/h2-10,15,19H,11,13-14H2,1H3. The Labute approximate surface area is 126 Å². The molecule has 0 aromatic heterocycles. The Morgan fingerprint density at radius 1 is 1.14 bits per heavy atom. The number of rotatable bonds is 3. The third-order valence-electron chi connectivity index (χ3n) is 4.22. The second kappa shape index (κ2) is 6.01. The predicted octanol–water partition coefficient (Wildman–Crippen LogP) is 4.34. The molecule has 0 fully saturated rings. The molecule has 2 aromatic rings. The number of para-hydroxylation sites is 1. The van der Waals surface area contributed by atoms with Gasteiger partial charge in [0, 0.05) is 12.2 Å². The number of nitriles is 1. The third kappa shape index (κ3) is 2.78. The monoisotopic (exact) mass is 276 g/mol. The van der Waals surface area contributed by atoms with Gasteiger partial charge in [0.05, 0.1) is 18.5 Å². The van der Waals surface area contributed by atoms with Gasteiger partial charge < -0.3 is 4.90 Å². The smallest absolute Gasteiger partial charge is 0.0672 e. The first kappa shape index (κ1) is 13.7. The first-order valence-electron chi connectivity index (χ1n) is 7.56. The van der Waals surface area contributed by atoms with Gasteiger partial charge in [-0.2, -0.15) is 5.26 Å². The van der Waals surface area contributed by atoms with E-state index in [9.17, 15) is 5.26 Å². The van der Waals surface area contributed by atoms with Crippen molar-refractivity contribution in [2.75, 3.05) is 11.4 Å². The lowest BCUT2D eigenvalue weighted by molar-refractivity contribution is 0.490. The minimum atomic E-state index is 0.139. The van der Waals surface area contributed by atoms with Crippen LogP contribution in [0.25, 0.3) is 0 Å². The largest absolute Gasteiger partial charge is 0.363 e. The number of hydrogen-bond acceptors (Lipinski definition) is 2. The summed E-state index contributed by atoms with van der Waals surface area (Å²) in [7, 11) is 0. The molecule has 0 amide bonds. The highest BCUT2D eigenvalue weighted by Gasteiger charge is 2.28. The van der Waals surface area contributed by atoms with E-state index in [0.29, 0.717) is 12.3 Å². The van der Waals surface area contributed by atoms with E-state index in [2.05, 4.69) is 66.4 Å². The Balaban J connectivity index is 2.02. The number of hydrogen-bond donors (Lipinski definition) is 0. The Kier molecular flexibility index (Phi) is 3.92. The lowest BCUT2D eigenvalue weighted by Crippen LogP contribution is -2.37. The molecule has 106 valence electrons. The molecule has 0 saturated carbocycles. The summed E-state index contributed by atoms with van der Waals surface area (Å²) < 4.78 is 0. The van der Waals surface area contributed by atoms with Gasteiger partial charge in [0.2, 0.25) is 0 Å². The fourth-order valence-corrected chi connectivity index (χ4v) is 3.30. The zero-order valence-corrected chi connectivity index (χ0v) is 12.4. The Hall–Kier alpha value is -2.27. The maximum Gasteiger partial charge on any atom is 0.0672 e. The Bertz CT molecular complexity index is 642. The summed E-state index contributed by atoms with van der Waals surface area (Å²) in [6, 6.07) is 21.5. The maximum atomic E-state index is 9.27. The molecule has 1 aliphatic heterocycles. The van der Waals surface area contributed by atoms with Crippen LogP contribution in [0.5, 0.6) is 0 Å². The van der Waals surface area contributed by atoms with Gasteiger partial charge >= 0.3 is 0 Å². The van der Waals surface area contributed by atoms with E-state index in [-0.39, 0.29) is 6.04 Å². The lowest BCUT2D eigenvalue weighted by Gasteiger charge is -2.40. The van der Waals surface area contributed by atoms with Crippen molar-refractivity contribution in [3.63, 3.8) is 0 Å². The topological polar surface area (TPSA) is 27.0 Å². The number of nitrogens with zero attached hydrogens (tertiary/aromatic N) is 2. The zero-order chi connectivity index (χ0) is 14.7. The molecule has 2 nitrogen and oxygen atoms in total. The number of fused-ring (bicyclic) bond motifs is 1. The van der Waals surface area contributed by atoms with Gasteiger partial charge in [-0.1, -0.05) is 55.5 Å². The fraction of sp³-hybridized carbons (Fsp3) is 0.316. The molecule has 0 spiro atoms. The van der Waals surface area contributed by atoms with Crippen LogP contribution in [0.1, 0.15) is 30.5 Å². The normalized spacial score (nSPS) is 18.7. The van der Waals surface area contributed by atoms with Crippen molar-refractivity contribution in [1.29, 1.82) is 5.26 Å². The second-order valence-corrected chi connectivity index (χ2v) is 5.88. The van der Waals surface area contributed by atoms with Crippen molar-refractivity contribution in [3.8, 4) is 6.07 Å². The first-order valence-corrected chi connectivity index (χ1v) is 7.56. The number of benzene rings is 2. The van der Waals surface area contributed by atoms with Crippen LogP contribution < -0.4 is 4.90 Å². The Morgan fingerprint density at radius 2 is 1.86 bits per heavy atom. The van der Waals surface area contributed by atoms with Gasteiger partial charge in [-0.15, -0.1) is 0 Å². The van der Waals surface area contributed by atoms with Crippen molar-refractivity contribution < 1.29 is 0 Å². The molecule has 2 atom stereocenters. The SMILES string of the molecule is CC1Cc2ccccc2N(C(CC#N)c2ccccc2)C1. The van der Waals surface area contributed by atoms with Crippen LogP contribution in [-0.4, -0.2) is 6.54 Å². The van der Waals surface area contributed by atoms with Crippen molar-refractivity contribution in [1.82, 2.24) is 0 Å². The summed E-state index contributed by atoms with van der Waals surface area (Å²) in [5, 5.41) is 9.27. The average Bonchev–Trinajstić information content (AvgIpc) is 2.52. The first-order chi connectivity index (χ1) is 10.3. The summed E-state index contributed by atoms with van der Waals surface area (Å²) >= 11 is 0. The molecule has 21 heavy (non-hydrogen) atoms. The zero-order valence-electron chi connectivity index (χ0n) is 12.4. The summed E-state index contributed by atoms with van der Waals surface area (Å²) in [4.78, 5) is 2.42. The summed E-state index contributed by atoms with van der Waals surface area (Å²) in [6.45, 7) is 3.30. The van der Waals surface area contributed by atoms with Crippen LogP contribution in [0, 0.1) is 17.2 Å². The summed E-state index contributed by atoms with van der Waals surface area (Å²) in [5.74, 6) is 0.616. The van der Waals surface area contributed by atoms with Gasteiger partial charge in [0.1, 0.15) is 0 Å². The van der Waals surface area contributed by atoms with E-state index in [1.54, 1.807) is 0 Å². The highest BCUT2D eigenvalue weighted by atomic mass is 15.2. The van der Waals surface area contributed by atoms with Crippen LogP contribution in [0.15, 0.2) is 54.6 Å². The van der Waals surface area contributed by atoms with E-state index in [4.69, 9.17) is 0 Å². The molecule has 2 unspecified atom stereocenters. The van der Waals surface area contributed by atoms with Gasteiger partial charge in [0.15, 0.2) is 0 Å². The maximum absolute atomic E-state index is 9.27. The van der Waals surface area contributed by atoms with E-state index in [1.807, 2.05) is 6.07 Å². The second-order valence-electron chi connectivity index (χ2n) is 5.88. The minimum Gasteiger partial charge on any atom is -0.363 e. The van der Waals surface area contributed by atoms with Crippen LogP contribution in [-0.2, 0) is 6.42 Å². The molecular formula is C19H20N2. The minimum absolute atomic E-state index is 0.139. The average molecular weight is 276 g/mol. The van der Waals surface area contributed by atoms with Gasteiger partial charge in [-0.05, 0) is 29.5 Å². The molecule has 2 heteroatoms. The molecular weight excluding hydrogens is 256 g/mol. The predicted molar refractivity (Wildman–Crippen MR) is 86.1 cm³/mol. The van der Waals surface area contributed by atoms with Crippen LogP contribution in [0.2, 0.25) is 0 Å². The number of anilines is 1. The van der Waals surface area contributed by atoms with Crippen molar-refractivity contribution in [2.45, 2.75) is 25.8 Å². The van der Waals surface area contributed by atoms with E-state index in [0.717, 1.165) is 13.0 Å². The van der Waals surface area contributed by atoms with Crippen LogP contribution in [0.4, 0.5) is 5.69 Å². The molecule has 3 rings (SSSR count). The van der Waals surface area contributed by atoms with Crippen molar-refractivity contribution in [3.05, 3.63) is 65.7 Å². The molecule has 1 aliphatic rings. The van der Waals surface area contributed by atoms with Crippen molar-refractivity contribution >= 4 is 5.69 Å². The highest BCUT2D eigenvalue weighted by Crippen LogP contribution is 2.37. The third-order valence-corrected chi connectivity index (χ3v) is 4.22. The molecule has 0 aliphatic carbocycles. The van der Waals surface area contributed by atoms with Gasteiger partial charge in [-0.3, -0.25) is 0 Å². The quantitative estimate of drug-likeness (QED) is 0.833. The van der Waals surface area contributed by atoms with E-state index >= 15 is 0 Å². The molecule has 0 saturated heterocycles. The molecule has 0 radical (unpaired) electrons.